The van der Waals surface area contributed by atoms with Crippen LogP contribution < -0.4 is 10.6 Å². The highest BCUT2D eigenvalue weighted by Crippen LogP contribution is 2.21. The van der Waals surface area contributed by atoms with E-state index < -0.39 is 0 Å². The molecule has 0 aliphatic rings. The molecule has 0 aliphatic carbocycles. The second-order valence-corrected chi connectivity index (χ2v) is 4.78. The van der Waals surface area contributed by atoms with E-state index in [9.17, 15) is 0 Å². The summed E-state index contributed by atoms with van der Waals surface area (Å²) >= 11 is 0. The number of benzene rings is 1. The van der Waals surface area contributed by atoms with E-state index in [0.29, 0.717) is 24.9 Å². The summed E-state index contributed by atoms with van der Waals surface area (Å²) in [6, 6.07) is 11.7. The van der Waals surface area contributed by atoms with Crippen molar-refractivity contribution in [3.63, 3.8) is 0 Å². The summed E-state index contributed by atoms with van der Waals surface area (Å²) in [6.45, 7) is 1.10. The van der Waals surface area contributed by atoms with E-state index in [1.807, 2.05) is 36.4 Å². The van der Waals surface area contributed by atoms with Crippen LogP contribution >= 0.6 is 0 Å². The maximum Gasteiger partial charge on any atom is 0.225 e. The third-order valence-electron chi connectivity index (χ3n) is 3.18. The van der Waals surface area contributed by atoms with Crippen LogP contribution in [0.15, 0.2) is 48.8 Å². The van der Waals surface area contributed by atoms with Gasteiger partial charge in [0.05, 0.1) is 12.1 Å². The van der Waals surface area contributed by atoms with Gasteiger partial charge in [0.15, 0.2) is 0 Å². The zero-order valence-electron chi connectivity index (χ0n) is 12.0. The molecule has 0 spiro atoms. The SMILES string of the molecule is OCCNc1nc(NCc2cccnc2)nc2ccccc12. The minimum absolute atomic E-state index is 0.0524. The van der Waals surface area contributed by atoms with Gasteiger partial charge in [-0.25, -0.2) is 4.98 Å². The molecule has 0 unspecified atom stereocenters. The molecule has 0 aliphatic heterocycles. The molecule has 0 saturated heterocycles. The van der Waals surface area contributed by atoms with Crippen molar-refractivity contribution in [3.8, 4) is 0 Å². The summed E-state index contributed by atoms with van der Waals surface area (Å²) in [7, 11) is 0. The largest absolute Gasteiger partial charge is 0.395 e. The maximum absolute atomic E-state index is 8.99. The van der Waals surface area contributed by atoms with Crippen molar-refractivity contribution in [3.05, 3.63) is 54.4 Å². The summed E-state index contributed by atoms with van der Waals surface area (Å²) in [5, 5.41) is 16.3. The van der Waals surface area contributed by atoms with Crippen LogP contribution in [0.3, 0.4) is 0 Å². The van der Waals surface area contributed by atoms with Crippen LogP contribution in [0.1, 0.15) is 5.56 Å². The zero-order chi connectivity index (χ0) is 15.2. The normalized spacial score (nSPS) is 10.6. The predicted molar refractivity (Wildman–Crippen MR) is 86.7 cm³/mol. The molecule has 0 atom stereocenters. The van der Waals surface area contributed by atoms with Gasteiger partial charge < -0.3 is 15.7 Å². The highest BCUT2D eigenvalue weighted by Gasteiger charge is 2.06. The van der Waals surface area contributed by atoms with Gasteiger partial charge in [0, 0.05) is 30.9 Å². The number of pyridine rings is 1. The van der Waals surface area contributed by atoms with Crippen LogP contribution in [0.2, 0.25) is 0 Å². The van der Waals surface area contributed by atoms with Crippen molar-refractivity contribution < 1.29 is 5.11 Å². The Kier molecular flexibility index (Phi) is 4.41. The third-order valence-corrected chi connectivity index (χ3v) is 3.18. The molecule has 3 aromatic rings. The second-order valence-electron chi connectivity index (χ2n) is 4.78. The minimum Gasteiger partial charge on any atom is -0.395 e. The van der Waals surface area contributed by atoms with Crippen molar-refractivity contribution in [2.24, 2.45) is 0 Å². The van der Waals surface area contributed by atoms with Gasteiger partial charge in [-0.05, 0) is 23.8 Å². The predicted octanol–water partition coefficient (Wildman–Crippen LogP) is 2.04. The fourth-order valence-electron chi connectivity index (χ4n) is 2.15. The first-order valence-electron chi connectivity index (χ1n) is 7.11. The number of fused-ring (bicyclic) bond motifs is 1. The highest BCUT2D eigenvalue weighted by atomic mass is 16.3. The minimum atomic E-state index is 0.0524. The molecule has 0 radical (unpaired) electrons. The summed E-state index contributed by atoms with van der Waals surface area (Å²) in [5.41, 5.74) is 1.91. The Hall–Kier alpha value is -2.73. The lowest BCUT2D eigenvalue weighted by molar-refractivity contribution is 0.311. The van der Waals surface area contributed by atoms with E-state index in [4.69, 9.17) is 5.11 Å². The number of hydrogen-bond donors (Lipinski definition) is 3. The molecule has 3 N–H and O–H groups in total. The number of nitrogens with one attached hydrogen (secondary N) is 2. The number of rotatable bonds is 6. The van der Waals surface area contributed by atoms with Gasteiger partial charge in [0.25, 0.3) is 0 Å². The van der Waals surface area contributed by atoms with E-state index in [-0.39, 0.29) is 6.61 Å². The monoisotopic (exact) mass is 295 g/mol. The van der Waals surface area contributed by atoms with Gasteiger partial charge in [-0.3, -0.25) is 4.98 Å². The van der Waals surface area contributed by atoms with E-state index in [2.05, 4.69) is 25.6 Å². The number of para-hydroxylation sites is 1. The Balaban J connectivity index is 1.86. The van der Waals surface area contributed by atoms with Crippen LogP contribution in [0.4, 0.5) is 11.8 Å². The van der Waals surface area contributed by atoms with Crippen molar-refractivity contribution in [1.29, 1.82) is 0 Å². The lowest BCUT2D eigenvalue weighted by Gasteiger charge is -2.11. The molecule has 2 heterocycles. The van der Waals surface area contributed by atoms with E-state index in [0.717, 1.165) is 16.5 Å². The van der Waals surface area contributed by atoms with Crippen molar-refractivity contribution in [2.45, 2.75) is 6.54 Å². The van der Waals surface area contributed by atoms with Crippen LogP contribution in [0.25, 0.3) is 10.9 Å². The number of hydrogen-bond acceptors (Lipinski definition) is 6. The summed E-state index contributed by atoms with van der Waals surface area (Å²) in [6.07, 6.45) is 3.55. The standard InChI is InChI=1S/C16H17N5O/c22-9-8-18-15-13-5-1-2-6-14(13)20-16(21-15)19-11-12-4-3-7-17-10-12/h1-7,10,22H,8-9,11H2,(H2,18,19,20,21). The lowest BCUT2D eigenvalue weighted by Crippen LogP contribution is -2.10. The van der Waals surface area contributed by atoms with Gasteiger partial charge >= 0.3 is 0 Å². The second kappa shape index (κ2) is 6.82. The molecule has 6 nitrogen and oxygen atoms in total. The fraction of sp³-hybridized carbons (Fsp3) is 0.188. The molecule has 6 heteroatoms. The molecule has 1 aromatic carbocycles. The van der Waals surface area contributed by atoms with Crippen molar-refractivity contribution in [1.82, 2.24) is 15.0 Å². The molecular formula is C16H17N5O. The van der Waals surface area contributed by atoms with Crippen molar-refractivity contribution >= 4 is 22.7 Å². The Morgan fingerprint density at radius 1 is 1.00 bits per heavy atom. The summed E-state index contributed by atoms with van der Waals surface area (Å²) in [4.78, 5) is 13.1. The quantitative estimate of drug-likeness (QED) is 0.645. The lowest BCUT2D eigenvalue weighted by atomic mass is 10.2. The van der Waals surface area contributed by atoms with Crippen molar-refractivity contribution in [2.75, 3.05) is 23.8 Å². The molecule has 0 bridgehead atoms. The summed E-state index contributed by atoms with van der Waals surface area (Å²) in [5.74, 6) is 1.26. The molecule has 112 valence electrons. The fourth-order valence-corrected chi connectivity index (χ4v) is 2.15. The smallest absolute Gasteiger partial charge is 0.225 e. The van der Waals surface area contributed by atoms with Gasteiger partial charge in [-0.1, -0.05) is 18.2 Å². The Labute approximate surface area is 128 Å². The van der Waals surface area contributed by atoms with E-state index in [1.165, 1.54) is 0 Å². The highest BCUT2D eigenvalue weighted by molar-refractivity contribution is 5.89. The van der Waals surface area contributed by atoms with Gasteiger partial charge in [-0.15, -0.1) is 0 Å². The average Bonchev–Trinajstić information content (AvgIpc) is 2.58. The van der Waals surface area contributed by atoms with Gasteiger partial charge in [0.1, 0.15) is 5.82 Å². The van der Waals surface area contributed by atoms with Gasteiger partial charge in [-0.2, -0.15) is 4.98 Å². The first-order valence-corrected chi connectivity index (χ1v) is 7.11. The van der Waals surface area contributed by atoms with Crippen LogP contribution in [-0.4, -0.2) is 33.2 Å². The average molecular weight is 295 g/mol. The van der Waals surface area contributed by atoms with E-state index >= 15 is 0 Å². The molecule has 3 rings (SSSR count). The first-order chi connectivity index (χ1) is 10.9. The van der Waals surface area contributed by atoms with Crippen LogP contribution in [0.5, 0.6) is 0 Å². The Morgan fingerprint density at radius 3 is 2.73 bits per heavy atom. The molecule has 0 saturated carbocycles. The molecule has 0 fully saturated rings. The van der Waals surface area contributed by atoms with Gasteiger partial charge in [0.2, 0.25) is 5.95 Å². The van der Waals surface area contributed by atoms with E-state index in [1.54, 1.807) is 12.4 Å². The maximum atomic E-state index is 8.99. The molecule has 22 heavy (non-hydrogen) atoms. The van der Waals surface area contributed by atoms with Crippen LogP contribution in [0, 0.1) is 0 Å². The number of aliphatic hydroxyl groups is 1. The summed E-state index contributed by atoms with van der Waals surface area (Å²) < 4.78 is 0. The third kappa shape index (κ3) is 3.29. The number of anilines is 2. The number of nitrogens with zero attached hydrogens (tertiary/aromatic N) is 3. The first kappa shape index (κ1) is 14.2. The van der Waals surface area contributed by atoms with Crippen LogP contribution in [-0.2, 0) is 6.54 Å². The Morgan fingerprint density at radius 2 is 1.91 bits per heavy atom. The zero-order valence-corrected chi connectivity index (χ0v) is 12.0. The number of aromatic nitrogens is 3. The molecule has 2 aromatic heterocycles. The molecule has 0 amide bonds. The number of aliphatic hydroxyl groups excluding tert-OH is 1. The molecular weight excluding hydrogens is 278 g/mol. The Bertz CT molecular complexity index is 748. The topological polar surface area (TPSA) is 83.0 Å².